The summed E-state index contributed by atoms with van der Waals surface area (Å²) in [5.74, 6) is 0.427. The molecule has 92 valence electrons. The molecule has 1 aromatic rings. The van der Waals surface area contributed by atoms with E-state index in [0.717, 1.165) is 5.56 Å². The zero-order chi connectivity index (χ0) is 11.1. The number of halogens is 1. The van der Waals surface area contributed by atoms with Gasteiger partial charge in [-0.2, -0.15) is 5.10 Å². The molecule has 0 amide bonds. The summed E-state index contributed by atoms with van der Waals surface area (Å²) in [4.78, 5) is 4.15. The Balaban J connectivity index is 0.00000225. The topological polar surface area (TPSA) is 77.5 Å². The third-order valence-corrected chi connectivity index (χ3v) is 1.80. The number of nitrogens with one attached hydrogen (secondary N) is 1. The van der Waals surface area contributed by atoms with Gasteiger partial charge in [0.25, 0.3) is 0 Å². The zero-order valence-electron chi connectivity index (χ0n) is 9.51. The summed E-state index contributed by atoms with van der Waals surface area (Å²) >= 11 is 0. The van der Waals surface area contributed by atoms with Gasteiger partial charge in [0.2, 0.25) is 0 Å². The predicted octanol–water partition coefficient (Wildman–Crippen LogP) is 0.0888. The fraction of sp³-hybridized carbons (Fsp3) is 0.556. The van der Waals surface area contributed by atoms with Crippen molar-refractivity contribution in [2.24, 2.45) is 17.8 Å². The Morgan fingerprint density at radius 3 is 3.00 bits per heavy atom. The van der Waals surface area contributed by atoms with Gasteiger partial charge in [-0.15, -0.1) is 24.0 Å². The summed E-state index contributed by atoms with van der Waals surface area (Å²) in [6.45, 7) is 1.82. The minimum atomic E-state index is 0. The molecule has 0 atom stereocenters. The summed E-state index contributed by atoms with van der Waals surface area (Å²) in [7, 11) is 3.51. The molecule has 0 fully saturated rings. The molecule has 3 N–H and O–H groups in total. The van der Waals surface area contributed by atoms with Crippen LogP contribution in [0.15, 0.2) is 17.4 Å². The van der Waals surface area contributed by atoms with Gasteiger partial charge >= 0.3 is 0 Å². The van der Waals surface area contributed by atoms with Crippen molar-refractivity contribution >= 4 is 29.9 Å². The van der Waals surface area contributed by atoms with Gasteiger partial charge in [-0.3, -0.25) is 4.68 Å². The number of aryl methyl sites for hydroxylation is 1. The van der Waals surface area contributed by atoms with Crippen LogP contribution in [-0.4, -0.2) is 36.0 Å². The van der Waals surface area contributed by atoms with Crippen LogP contribution in [0.25, 0.3) is 0 Å². The highest BCUT2D eigenvalue weighted by Gasteiger charge is 1.95. The summed E-state index contributed by atoms with van der Waals surface area (Å²) in [6, 6.07) is 0. The normalized spacial score (nSPS) is 11.0. The molecule has 6 nitrogen and oxygen atoms in total. The van der Waals surface area contributed by atoms with Crippen molar-refractivity contribution in [2.75, 3.05) is 20.3 Å². The molecule has 16 heavy (non-hydrogen) atoms. The molecule has 0 aromatic carbocycles. The lowest BCUT2D eigenvalue weighted by Gasteiger charge is -2.03. The first kappa shape index (κ1) is 15.2. The predicted molar refractivity (Wildman–Crippen MR) is 73.8 cm³/mol. The van der Waals surface area contributed by atoms with Crippen molar-refractivity contribution in [3.63, 3.8) is 0 Å². The number of hydrogen-bond donors (Lipinski definition) is 2. The Morgan fingerprint density at radius 1 is 1.69 bits per heavy atom. The highest BCUT2D eigenvalue weighted by Crippen LogP contribution is 1.97. The minimum absolute atomic E-state index is 0. The van der Waals surface area contributed by atoms with Crippen LogP contribution in [0.1, 0.15) is 5.56 Å². The second kappa shape index (κ2) is 8.34. The van der Waals surface area contributed by atoms with Crippen molar-refractivity contribution in [1.82, 2.24) is 15.1 Å². The quantitative estimate of drug-likeness (QED) is 0.345. The van der Waals surface area contributed by atoms with Crippen LogP contribution in [0.2, 0.25) is 0 Å². The number of methoxy groups -OCH3 is 1. The molecular formula is C9H18IN5O. The van der Waals surface area contributed by atoms with Crippen molar-refractivity contribution in [3.8, 4) is 0 Å². The third-order valence-electron chi connectivity index (χ3n) is 1.80. The zero-order valence-corrected chi connectivity index (χ0v) is 11.8. The molecule has 0 aliphatic carbocycles. The number of hydrogen-bond acceptors (Lipinski definition) is 3. The summed E-state index contributed by atoms with van der Waals surface area (Å²) < 4.78 is 6.61. The molecule has 7 heteroatoms. The highest BCUT2D eigenvalue weighted by atomic mass is 127. The number of guanidine groups is 1. The molecule has 0 aliphatic rings. The van der Waals surface area contributed by atoms with Gasteiger partial charge in [0.15, 0.2) is 5.96 Å². The van der Waals surface area contributed by atoms with E-state index in [2.05, 4.69) is 15.4 Å². The van der Waals surface area contributed by atoms with Crippen molar-refractivity contribution in [3.05, 3.63) is 18.0 Å². The fourth-order valence-electron chi connectivity index (χ4n) is 1.07. The molecule has 0 radical (unpaired) electrons. The van der Waals surface area contributed by atoms with E-state index in [4.69, 9.17) is 10.5 Å². The first-order valence-corrected chi connectivity index (χ1v) is 4.72. The van der Waals surface area contributed by atoms with Crippen molar-refractivity contribution in [2.45, 2.75) is 6.54 Å². The minimum Gasteiger partial charge on any atom is -0.383 e. The molecule has 0 bridgehead atoms. The Morgan fingerprint density at radius 2 is 2.44 bits per heavy atom. The number of nitrogens with two attached hydrogens (primary N) is 1. The van der Waals surface area contributed by atoms with Crippen molar-refractivity contribution < 1.29 is 4.74 Å². The van der Waals surface area contributed by atoms with E-state index in [1.165, 1.54) is 0 Å². The Hall–Kier alpha value is -0.830. The second-order valence-corrected chi connectivity index (χ2v) is 3.14. The second-order valence-electron chi connectivity index (χ2n) is 3.14. The van der Waals surface area contributed by atoms with E-state index >= 15 is 0 Å². The molecular weight excluding hydrogens is 321 g/mol. The molecule has 1 heterocycles. The summed E-state index contributed by atoms with van der Waals surface area (Å²) in [5, 5.41) is 6.97. The molecule has 1 aromatic heterocycles. The van der Waals surface area contributed by atoms with E-state index in [0.29, 0.717) is 25.7 Å². The van der Waals surface area contributed by atoms with Gasteiger partial charge in [-0.1, -0.05) is 0 Å². The lowest BCUT2D eigenvalue weighted by molar-refractivity contribution is 0.204. The Bertz CT molecular complexity index is 325. The number of aliphatic imine (C=N–C) groups is 1. The Kier molecular flexibility index (Phi) is 7.90. The molecule has 0 unspecified atom stereocenters. The van der Waals surface area contributed by atoms with Crippen LogP contribution in [-0.2, 0) is 18.3 Å². The summed E-state index contributed by atoms with van der Waals surface area (Å²) in [5.41, 5.74) is 6.66. The van der Waals surface area contributed by atoms with Gasteiger partial charge in [0, 0.05) is 32.5 Å². The molecule has 1 rings (SSSR count). The molecule has 0 aliphatic heterocycles. The SMILES string of the molecule is COCCNC(N)=NCc1cnn(C)c1.I. The van der Waals surface area contributed by atoms with E-state index in [1.54, 1.807) is 18.0 Å². The maximum absolute atomic E-state index is 5.63. The van der Waals surface area contributed by atoms with E-state index in [1.807, 2.05) is 13.2 Å². The van der Waals surface area contributed by atoms with Crippen LogP contribution in [0.3, 0.4) is 0 Å². The van der Waals surface area contributed by atoms with E-state index < -0.39 is 0 Å². The number of aromatic nitrogens is 2. The van der Waals surface area contributed by atoms with Gasteiger partial charge in [0.1, 0.15) is 0 Å². The maximum Gasteiger partial charge on any atom is 0.189 e. The van der Waals surface area contributed by atoms with Gasteiger partial charge in [-0.05, 0) is 0 Å². The largest absolute Gasteiger partial charge is 0.383 e. The van der Waals surface area contributed by atoms with Gasteiger partial charge < -0.3 is 15.8 Å². The van der Waals surface area contributed by atoms with Gasteiger partial charge in [0.05, 0.1) is 19.3 Å². The van der Waals surface area contributed by atoms with Crippen molar-refractivity contribution in [1.29, 1.82) is 0 Å². The maximum atomic E-state index is 5.63. The summed E-state index contributed by atoms with van der Waals surface area (Å²) in [6.07, 6.45) is 3.68. The first-order chi connectivity index (χ1) is 7.22. The van der Waals surface area contributed by atoms with Crippen LogP contribution in [0, 0.1) is 0 Å². The molecule has 0 saturated heterocycles. The lowest BCUT2D eigenvalue weighted by atomic mass is 10.4. The third kappa shape index (κ3) is 5.91. The lowest BCUT2D eigenvalue weighted by Crippen LogP contribution is -2.34. The van der Waals surface area contributed by atoms with Crippen LogP contribution >= 0.6 is 24.0 Å². The first-order valence-electron chi connectivity index (χ1n) is 4.72. The smallest absolute Gasteiger partial charge is 0.189 e. The van der Waals surface area contributed by atoms with E-state index in [9.17, 15) is 0 Å². The monoisotopic (exact) mass is 339 g/mol. The average Bonchev–Trinajstić information content (AvgIpc) is 2.62. The average molecular weight is 339 g/mol. The van der Waals surface area contributed by atoms with Crippen LogP contribution in [0.4, 0.5) is 0 Å². The Labute approximate surface area is 112 Å². The van der Waals surface area contributed by atoms with Gasteiger partial charge in [-0.25, -0.2) is 4.99 Å². The van der Waals surface area contributed by atoms with Crippen LogP contribution < -0.4 is 11.1 Å². The number of nitrogens with zero attached hydrogens (tertiary/aromatic N) is 3. The number of rotatable bonds is 5. The highest BCUT2D eigenvalue weighted by molar-refractivity contribution is 14.0. The molecule has 0 spiro atoms. The van der Waals surface area contributed by atoms with E-state index in [-0.39, 0.29) is 24.0 Å². The van der Waals surface area contributed by atoms with Crippen LogP contribution in [0.5, 0.6) is 0 Å². The fourth-order valence-corrected chi connectivity index (χ4v) is 1.07. The standard InChI is InChI=1S/C9H17N5O.HI/c1-14-7-8(6-13-14)5-12-9(10)11-3-4-15-2;/h6-7H,3-5H2,1-2H3,(H3,10,11,12);1H. The number of ether oxygens (including phenoxy) is 1. The molecule has 0 saturated carbocycles.